The Morgan fingerprint density at radius 2 is 1.90 bits per heavy atom. The third-order valence-electron chi connectivity index (χ3n) is 2.18. The van der Waals surface area contributed by atoms with Gasteiger partial charge in [0.1, 0.15) is 5.75 Å². The lowest BCUT2D eigenvalue weighted by Crippen LogP contribution is -2.16. The van der Waals surface area contributed by atoms with Gasteiger partial charge in [0.2, 0.25) is 0 Å². The van der Waals surface area contributed by atoms with E-state index in [-0.39, 0.29) is 10.8 Å². The number of benzene rings is 1. The van der Waals surface area contributed by atoms with Crippen molar-refractivity contribution in [2.45, 2.75) is 0 Å². The number of ether oxygens (including phenoxy) is 2. The van der Waals surface area contributed by atoms with Gasteiger partial charge in [-0.3, -0.25) is 4.57 Å². The largest absolute Gasteiger partial charge is 0.480 e. The zero-order chi connectivity index (χ0) is 15.2. The highest BCUT2D eigenvalue weighted by Crippen LogP contribution is 2.46. The minimum atomic E-state index is -3.39. The first-order valence-corrected chi connectivity index (χ1v) is 7.82. The van der Waals surface area contributed by atoms with Crippen LogP contribution in [0.2, 0.25) is 10.0 Å². The van der Waals surface area contributed by atoms with E-state index >= 15 is 0 Å². The van der Waals surface area contributed by atoms with Gasteiger partial charge in [-0.2, -0.15) is 0 Å². The lowest BCUT2D eigenvalue weighted by Gasteiger charge is -2.13. The second kappa shape index (κ2) is 7.86. The molecule has 0 unspecified atom stereocenters. The minimum absolute atomic E-state index is 0.268. The van der Waals surface area contributed by atoms with E-state index in [1.807, 2.05) is 0 Å². The van der Waals surface area contributed by atoms with Crippen LogP contribution in [0.3, 0.4) is 0 Å². The fourth-order valence-corrected chi connectivity index (χ4v) is 2.23. The molecular weight excluding hydrogens is 330 g/mol. The quantitative estimate of drug-likeness (QED) is 0.558. The molecule has 0 heterocycles. The molecule has 0 amide bonds. The van der Waals surface area contributed by atoms with Gasteiger partial charge in [-0.05, 0) is 18.2 Å². The highest BCUT2D eigenvalue weighted by molar-refractivity contribution is 7.53. The summed E-state index contributed by atoms with van der Waals surface area (Å²) in [7, 11) is -0.996. The van der Waals surface area contributed by atoms with E-state index in [1.54, 1.807) is 6.07 Å². The molecule has 1 rings (SSSR count). The first kappa shape index (κ1) is 17.3. The second-order valence-corrected chi connectivity index (χ2v) is 6.54. The van der Waals surface area contributed by atoms with Gasteiger partial charge in [-0.25, -0.2) is 4.79 Å². The van der Waals surface area contributed by atoms with Crippen molar-refractivity contribution in [2.75, 3.05) is 27.2 Å². The maximum atomic E-state index is 11.6. The Morgan fingerprint density at radius 1 is 1.25 bits per heavy atom. The molecule has 112 valence electrons. The summed E-state index contributed by atoms with van der Waals surface area (Å²) in [5, 5.41) is 0.718. The molecule has 0 saturated carbocycles. The molecule has 0 aliphatic rings. The second-order valence-electron chi connectivity index (χ2n) is 3.48. The first-order chi connectivity index (χ1) is 9.40. The van der Waals surface area contributed by atoms with Gasteiger partial charge in [0.15, 0.2) is 13.0 Å². The van der Waals surface area contributed by atoms with Crippen molar-refractivity contribution in [2.24, 2.45) is 0 Å². The number of hydrogen-bond acceptors (Lipinski definition) is 6. The van der Waals surface area contributed by atoms with Crippen molar-refractivity contribution in [1.82, 2.24) is 0 Å². The number of halogens is 2. The molecule has 0 saturated heterocycles. The molecule has 0 spiro atoms. The van der Waals surface area contributed by atoms with Crippen molar-refractivity contribution < 1.29 is 27.9 Å². The van der Waals surface area contributed by atoms with Crippen molar-refractivity contribution in [3.8, 4) is 5.75 Å². The maximum Gasteiger partial charge on any atom is 0.367 e. The van der Waals surface area contributed by atoms with Crippen molar-refractivity contribution >= 4 is 36.8 Å². The smallest absolute Gasteiger partial charge is 0.367 e. The summed E-state index contributed by atoms with van der Waals surface area (Å²) < 4.78 is 30.7. The topological polar surface area (TPSA) is 71.1 Å². The monoisotopic (exact) mass is 342 g/mol. The first-order valence-electron chi connectivity index (χ1n) is 5.34. The van der Waals surface area contributed by atoms with Crippen LogP contribution < -0.4 is 4.74 Å². The van der Waals surface area contributed by atoms with E-state index in [0.29, 0.717) is 5.02 Å². The van der Waals surface area contributed by atoms with Gasteiger partial charge in [-0.15, -0.1) is 0 Å². The van der Waals surface area contributed by atoms with Gasteiger partial charge < -0.3 is 18.5 Å². The van der Waals surface area contributed by atoms with Gasteiger partial charge in [0.05, 0.1) is 5.02 Å². The van der Waals surface area contributed by atoms with Crippen LogP contribution in [-0.2, 0) is 23.1 Å². The highest BCUT2D eigenvalue weighted by Gasteiger charge is 2.23. The summed E-state index contributed by atoms with van der Waals surface area (Å²) in [5.74, 6) is -0.444. The summed E-state index contributed by atoms with van der Waals surface area (Å²) in [6, 6.07) is 4.57. The molecule has 1 aromatic carbocycles. The Kier molecular flexibility index (Phi) is 6.79. The predicted octanol–water partition coefficient (Wildman–Crippen LogP) is 3.36. The molecular formula is C11H13Cl2O6P. The van der Waals surface area contributed by atoms with Gasteiger partial charge in [0, 0.05) is 19.2 Å². The van der Waals surface area contributed by atoms with Gasteiger partial charge in [0.25, 0.3) is 0 Å². The van der Waals surface area contributed by atoms with E-state index in [0.717, 1.165) is 0 Å². The van der Waals surface area contributed by atoms with Crippen LogP contribution in [0.5, 0.6) is 5.75 Å². The van der Waals surface area contributed by atoms with E-state index in [2.05, 4.69) is 9.05 Å². The number of hydrogen-bond donors (Lipinski definition) is 0. The average molecular weight is 343 g/mol. The molecule has 1 aromatic rings. The molecule has 6 nitrogen and oxygen atoms in total. The number of esters is 1. The van der Waals surface area contributed by atoms with Crippen molar-refractivity contribution in [3.05, 3.63) is 28.2 Å². The maximum absolute atomic E-state index is 11.6. The van der Waals surface area contributed by atoms with Crippen LogP contribution in [0, 0.1) is 0 Å². The standard InChI is InChI=1S/C11H13Cl2O6P/c1-16-20(15,17-2)7-19-11(14)6-18-10-4-3-8(12)5-9(10)13/h3-5H,6-7H2,1-2H3. The molecule has 20 heavy (non-hydrogen) atoms. The fraction of sp³-hybridized carbons (Fsp3) is 0.364. The fourth-order valence-electron chi connectivity index (χ4n) is 1.10. The summed E-state index contributed by atoms with van der Waals surface area (Å²) in [6.45, 7) is -0.394. The molecule has 0 atom stereocenters. The molecule has 0 aliphatic carbocycles. The Hall–Kier alpha value is -0.780. The lowest BCUT2D eigenvalue weighted by atomic mass is 10.3. The van der Waals surface area contributed by atoms with Crippen LogP contribution in [0.25, 0.3) is 0 Å². The van der Waals surface area contributed by atoms with E-state index in [4.69, 9.17) is 32.7 Å². The highest BCUT2D eigenvalue weighted by atomic mass is 35.5. The Labute approximate surface area is 126 Å². The van der Waals surface area contributed by atoms with Crippen LogP contribution in [-0.4, -0.2) is 33.1 Å². The Balaban J connectivity index is 2.46. The molecule has 0 aliphatic heterocycles. The molecule has 0 bridgehead atoms. The summed E-state index contributed by atoms with van der Waals surface area (Å²) in [5.41, 5.74) is 0. The average Bonchev–Trinajstić information content (AvgIpc) is 2.44. The minimum Gasteiger partial charge on any atom is -0.480 e. The normalized spacial score (nSPS) is 11.2. The van der Waals surface area contributed by atoms with Gasteiger partial charge >= 0.3 is 13.6 Å². The summed E-state index contributed by atoms with van der Waals surface area (Å²) in [4.78, 5) is 11.4. The van der Waals surface area contributed by atoms with Crippen LogP contribution in [0.4, 0.5) is 0 Å². The number of carbonyl (C=O) groups excluding carboxylic acids is 1. The van der Waals surface area contributed by atoms with Crippen molar-refractivity contribution in [1.29, 1.82) is 0 Å². The number of rotatable bonds is 7. The summed E-state index contributed by atoms with van der Waals surface area (Å²) in [6.07, 6.45) is -0.490. The SMILES string of the molecule is COP(=O)(COC(=O)COc1ccc(Cl)cc1Cl)OC. The van der Waals surface area contributed by atoms with E-state index in [1.165, 1.54) is 26.4 Å². The van der Waals surface area contributed by atoms with Crippen LogP contribution >= 0.6 is 30.8 Å². The molecule has 0 radical (unpaired) electrons. The molecule has 0 fully saturated rings. The van der Waals surface area contributed by atoms with Gasteiger partial charge in [-0.1, -0.05) is 23.2 Å². The summed E-state index contributed by atoms with van der Waals surface area (Å²) >= 11 is 11.6. The Bertz CT molecular complexity index is 514. The number of carbonyl (C=O) groups is 1. The van der Waals surface area contributed by atoms with E-state index in [9.17, 15) is 9.36 Å². The predicted molar refractivity (Wildman–Crippen MR) is 74.5 cm³/mol. The third-order valence-corrected chi connectivity index (χ3v) is 4.27. The zero-order valence-electron chi connectivity index (χ0n) is 10.8. The van der Waals surface area contributed by atoms with Crippen LogP contribution in [0.1, 0.15) is 0 Å². The molecule has 9 heteroatoms. The third kappa shape index (κ3) is 5.31. The molecule has 0 N–H and O–H groups in total. The lowest BCUT2D eigenvalue weighted by molar-refractivity contribution is -0.144. The van der Waals surface area contributed by atoms with Crippen LogP contribution in [0.15, 0.2) is 18.2 Å². The van der Waals surface area contributed by atoms with Crippen molar-refractivity contribution in [3.63, 3.8) is 0 Å². The van der Waals surface area contributed by atoms with E-state index < -0.39 is 26.5 Å². The molecule has 0 aromatic heterocycles. The Morgan fingerprint density at radius 3 is 2.45 bits per heavy atom. The zero-order valence-corrected chi connectivity index (χ0v) is 13.2.